The van der Waals surface area contributed by atoms with Gasteiger partial charge in [0.15, 0.2) is 44.0 Å². The fourth-order valence-electron chi connectivity index (χ4n) is 26.2. The fourth-order valence-corrected chi connectivity index (χ4v) is 26.2. The third-order valence-corrected chi connectivity index (χ3v) is 29.9. The molecule has 742 valence electrons. The summed E-state index contributed by atoms with van der Waals surface area (Å²) < 4.78 is 89.4. The van der Waals surface area contributed by atoms with Crippen LogP contribution in [0.25, 0.3) is 0 Å². The molecular weight excluding hydrogens is 1670 g/mol. The molecule has 16 aliphatic carbocycles. The summed E-state index contributed by atoms with van der Waals surface area (Å²) >= 11 is 0. The molecule has 16 fully saturated rings. The largest absolute Gasteiger partial charge is 0.491 e. The number of benzene rings is 2. The molecule has 2 aromatic rings. The van der Waals surface area contributed by atoms with Crippen LogP contribution < -0.4 is 4.74 Å². The average Bonchev–Trinajstić information content (AvgIpc) is 1.54. The van der Waals surface area contributed by atoms with Gasteiger partial charge in [-0.25, -0.2) is 0 Å². The summed E-state index contributed by atoms with van der Waals surface area (Å²) in [5, 5.41) is 0. The van der Waals surface area contributed by atoms with Crippen molar-refractivity contribution >= 4 is 47.8 Å². The quantitative estimate of drug-likeness (QED) is 0.0201. The van der Waals surface area contributed by atoms with Crippen LogP contribution in [0, 0.1) is 106 Å². The molecule has 131 heavy (non-hydrogen) atoms. The van der Waals surface area contributed by atoms with Gasteiger partial charge in [0, 0.05) is 55.4 Å². The molecule has 0 N–H and O–H groups in total. The van der Waals surface area contributed by atoms with E-state index in [9.17, 15) is 38.4 Å². The fraction of sp³-hybridized carbons (Fsp3) is 0.811. The standard InChI is InChI=1S/C18H28O3.C15H24O3.C14H22O3.C13H22O3.C12H16O4.C12H22O3.C12H16O3.C10H18O3/c1-10(19)21-11(2)20-6-5-12-7-15-9-16(12)18-14-4-3-13(8-14)17(15)18;1-10(16)18-11(2)17-9-15-6-12-3-13(7-15)5-14(4-12)8-15;1-9(15)16-10(2)17-14-6-11-3-12(7-14)5-13(4-11)8-14;1-9(14)16-10(2)15-6-5-13-8-11-3-4-12(13)7-11;1-10(13)16-11(2)14-8-9-15-12-6-4-3-5-7-12;2*1-10(13)15-11(2)14-9-8-12-6-4-3-5-7-12;1-8(11)12-9(2)13-10-6-4-3-5-7-10/h11-18H,3-9H2,1-2H3;11-14H,3-9H2,1-2H3;10-13H,3-8H2,1-2H3;10-13H,3-8H2,1-2H3;3-7,11H,8-9H2,1-2H3;11-12H,3-9H2,1-2H3;3-7,11H,8-9H2,1-2H3;9-10H,3-7H2,1-2H3. The maximum absolute atomic E-state index is 10.9. The van der Waals surface area contributed by atoms with E-state index >= 15 is 0 Å². The van der Waals surface area contributed by atoms with E-state index in [4.69, 9.17) is 80.5 Å². The van der Waals surface area contributed by atoms with Gasteiger partial charge >= 0.3 is 47.8 Å². The Morgan fingerprint density at radius 1 is 0.321 bits per heavy atom. The molecule has 18 unspecified atom stereocenters. The summed E-state index contributed by atoms with van der Waals surface area (Å²) in [6.07, 6.45) is 43.4. The Bertz CT molecular complexity index is 3600. The minimum atomic E-state index is -0.531. The first-order valence-corrected chi connectivity index (χ1v) is 50.7. The maximum atomic E-state index is 10.9. The van der Waals surface area contributed by atoms with Crippen molar-refractivity contribution in [3.63, 3.8) is 0 Å². The van der Waals surface area contributed by atoms with Crippen molar-refractivity contribution in [2.45, 2.75) is 398 Å². The minimum Gasteiger partial charge on any atom is -0.491 e. The SMILES string of the molecule is CC(=O)OC(C)OC12CC3CC(CC(C3)C1)C2.CC(=O)OC(C)OC1CCCCC1.CC(=O)OC(C)OCC12CC3CC(CC(C3)C1)C2.CC(=O)OC(C)OCCC1CC2CC1C1C3CCC(C3)C21.CC(=O)OC(C)OCCC1CC2CCC1C2.CC(=O)OC(C)OCCC1CCCCC1.CC(=O)OC(C)OCCOc1ccccc1.CC(=O)OC(C)OCCc1ccccc1. The highest BCUT2D eigenvalue weighted by Gasteiger charge is 2.62. The van der Waals surface area contributed by atoms with Gasteiger partial charge in [0.1, 0.15) is 12.4 Å². The predicted octanol–water partition coefficient (Wildman–Crippen LogP) is 21.6. The second-order valence-electron chi connectivity index (χ2n) is 41.0. The summed E-state index contributed by atoms with van der Waals surface area (Å²) in [7, 11) is 0. The van der Waals surface area contributed by atoms with Gasteiger partial charge in [-0.05, 0) is 346 Å². The van der Waals surface area contributed by atoms with Gasteiger partial charge in [-0.3, -0.25) is 38.4 Å². The van der Waals surface area contributed by atoms with Gasteiger partial charge in [0.25, 0.3) is 0 Å². The first-order valence-electron chi connectivity index (χ1n) is 50.7. The number of ether oxygens (including phenoxy) is 17. The number of para-hydroxylation sites is 1. The molecule has 0 aliphatic heterocycles. The monoisotopic (exact) mass is 1840 g/mol. The predicted molar refractivity (Wildman–Crippen MR) is 495 cm³/mol. The molecule has 0 saturated heterocycles. The van der Waals surface area contributed by atoms with E-state index < -0.39 is 37.7 Å². The molecular formula is C106H168O25. The van der Waals surface area contributed by atoms with Crippen LogP contribution in [-0.4, -0.2) is 156 Å². The van der Waals surface area contributed by atoms with Crippen molar-refractivity contribution in [3.8, 4) is 5.75 Å². The molecule has 25 nitrogen and oxygen atoms in total. The van der Waals surface area contributed by atoms with E-state index in [0.717, 1.165) is 165 Å². The summed E-state index contributed by atoms with van der Waals surface area (Å²) in [4.78, 5) is 85.7. The third-order valence-electron chi connectivity index (χ3n) is 29.9. The molecule has 14 bridgehead atoms. The molecule has 16 saturated carbocycles. The highest BCUT2D eigenvalue weighted by Crippen LogP contribution is 2.69. The molecule has 0 aromatic heterocycles. The lowest BCUT2D eigenvalue weighted by Crippen LogP contribution is -2.53. The first-order chi connectivity index (χ1) is 62.6. The number of rotatable bonds is 36. The average molecular weight is 1840 g/mol. The summed E-state index contributed by atoms with van der Waals surface area (Å²) in [5.74, 6) is 14.9. The number of carbonyl (C=O) groups excluding carboxylic acids is 8. The number of carbonyl (C=O) groups is 8. The van der Waals surface area contributed by atoms with Gasteiger partial charge < -0.3 is 80.5 Å². The summed E-state index contributed by atoms with van der Waals surface area (Å²) in [6, 6.07) is 19.5. The van der Waals surface area contributed by atoms with Crippen molar-refractivity contribution in [2.75, 3.05) is 46.2 Å². The van der Waals surface area contributed by atoms with Crippen LogP contribution in [0.2, 0.25) is 0 Å². The second-order valence-corrected chi connectivity index (χ2v) is 41.0. The number of fused-ring (bicyclic) bond motifs is 11. The number of hydrogen-bond acceptors (Lipinski definition) is 25. The third kappa shape index (κ3) is 39.4. The van der Waals surface area contributed by atoms with Crippen LogP contribution in [-0.2, 0) is 121 Å². The van der Waals surface area contributed by atoms with Crippen molar-refractivity contribution in [2.24, 2.45) is 106 Å². The first kappa shape index (κ1) is 108. The molecule has 0 radical (unpaired) electrons. The summed E-state index contributed by atoms with van der Waals surface area (Å²) in [6.45, 7) is 29.8. The Morgan fingerprint density at radius 3 is 1.18 bits per heavy atom. The van der Waals surface area contributed by atoms with Crippen LogP contribution in [0.5, 0.6) is 5.75 Å². The van der Waals surface area contributed by atoms with Gasteiger partial charge in [-0.15, -0.1) is 0 Å². The van der Waals surface area contributed by atoms with E-state index in [2.05, 4.69) is 0 Å². The van der Waals surface area contributed by atoms with Crippen LogP contribution in [0.4, 0.5) is 0 Å². The van der Waals surface area contributed by atoms with Crippen LogP contribution >= 0.6 is 0 Å². The molecule has 2 aromatic carbocycles. The van der Waals surface area contributed by atoms with Crippen LogP contribution in [0.1, 0.15) is 335 Å². The van der Waals surface area contributed by atoms with Crippen molar-refractivity contribution in [3.05, 3.63) is 66.2 Å². The highest BCUT2D eigenvalue weighted by molar-refractivity contribution is 5.68. The van der Waals surface area contributed by atoms with E-state index in [-0.39, 0.29) is 65.9 Å². The Labute approximate surface area is 784 Å². The van der Waals surface area contributed by atoms with Crippen molar-refractivity contribution in [1.29, 1.82) is 0 Å². The highest BCUT2D eigenvalue weighted by atomic mass is 16.7. The molecule has 18 rings (SSSR count). The smallest absolute Gasteiger partial charge is 0.304 e. The zero-order valence-electron chi connectivity index (χ0n) is 82.7. The molecule has 18 atom stereocenters. The molecule has 16 aliphatic rings. The Hall–Kier alpha value is -6.32. The maximum Gasteiger partial charge on any atom is 0.304 e. The Morgan fingerprint density at radius 2 is 0.718 bits per heavy atom. The molecule has 0 heterocycles. The lowest BCUT2D eigenvalue weighted by atomic mass is 9.50. The Balaban J connectivity index is 0.000000169. The second kappa shape index (κ2) is 55.8. The minimum absolute atomic E-state index is 0.0314. The lowest BCUT2D eigenvalue weighted by molar-refractivity contribution is -0.244. The lowest BCUT2D eigenvalue weighted by Gasteiger charge is -2.56. The van der Waals surface area contributed by atoms with Gasteiger partial charge in [0.2, 0.25) is 6.29 Å². The van der Waals surface area contributed by atoms with E-state index in [1.165, 1.54) is 241 Å². The zero-order valence-corrected chi connectivity index (χ0v) is 82.7. The molecule has 0 spiro atoms. The van der Waals surface area contributed by atoms with Gasteiger partial charge in [0.05, 0.1) is 51.3 Å². The number of hydrogen-bond donors (Lipinski definition) is 0. The van der Waals surface area contributed by atoms with Crippen LogP contribution in [0.15, 0.2) is 60.7 Å². The van der Waals surface area contributed by atoms with Crippen molar-refractivity contribution in [1.82, 2.24) is 0 Å². The van der Waals surface area contributed by atoms with E-state index in [0.29, 0.717) is 37.9 Å². The molecule has 25 heteroatoms. The normalized spacial score (nSPS) is 30.7. The Kier molecular flexibility index (Phi) is 46.1. The van der Waals surface area contributed by atoms with Crippen molar-refractivity contribution < 1.29 is 119 Å². The van der Waals surface area contributed by atoms with Gasteiger partial charge in [-0.2, -0.15) is 0 Å². The van der Waals surface area contributed by atoms with Crippen LogP contribution in [0.3, 0.4) is 0 Å². The molecule has 0 amide bonds. The topological polar surface area (TPSA) is 293 Å². The van der Waals surface area contributed by atoms with E-state index in [1.54, 1.807) is 41.0 Å². The zero-order chi connectivity index (χ0) is 94.6. The number of esters is 8. The van der Waals surface area contributed by atoms with E-state index in [1.807, 2.05) is 81.4 Å². The van der Waals surface area contributed by atoms with Gasteiger partial charge in [-0.1, -0.05) is 106 Å². The summed E-state index contributed by atoms with van der Waals surface area (Å²) in [5.41, 5.74) is 1.65.